The Hall–Kier alpha value is -1.85. The first-order chi connectivity index (χ1) is 9.72. The molecule has 0 bridgehead atoms. The van der Waals surface area contributed by atoms with Crippen molar-refractivity contribution in [2.75, 3.05) is 13.1 Å². The quantitative estimate of drug-likeness (QED) is 0.794. The van der Waals surface area contributed by atoms with Crippen LogP contribution >= 0.6 is 0 Å². The maximum absolute atomic E-state index is 9.19. The number of aryl methyl sites for hydroxylation is 1. The van der Waals surface area contributed by atoms with Crippen LogP contribution in [0.1, 0.15) is 31.2 Å². The molecule has 1 aliphatic heterocycles. The molecule has 2 atom stereocenters. The summed E-state index contributed by atoms with van der Waals surface area (Å²) in [7, 11) is 0. The van der Waals surface area contributed by atoms with Crippen molar-refractivity contribution in [2.45, 2.75) is 45.2 Å². The number of nitriles is 2. The van der Waals surface area contributed by atoms with E-state index in [1.165, 1.54) is 12.0 Å². The van der Waals surface area contributed by atoms with E-state index >= 15 is 0 Å². The summed E-state index contributed by atoms with van der Waals surface area (Å²) in [4.78, 5) is 2.39. The summed E-state index contributed by atoms with van der Waals surface area (Å²) < 4.78 is 2.00. The summed E-state index contributed by atoms with van der Waals surface area (Å²) in [5, 5.41) is 22.2. The molecule has 2 heterocycles. The molecule has 0 N–H and O–H groups in total. The van der Waals surface area contributed by atoms with Gasteiger partial charge in [-0.3, -0.25) is 9.58 Å². The van der Waals surface area contributed by atoms with Crippen LogP contribution in [0.25, 0.3) is 0 Å². The minimum Gasteiger partial charge on any atom is -0.297 e. The lowest BCUT2D eigenvalue weighted by atomic mass is 10.0. The molecule has 2 rings (SSSR count). The molecule has 1 aromatic rings. The van der Waals surface area contributed by atoms with Crippen LogP contribution in [0.3, 0.4) is 0 Å². The molecule has 106 valence electrons. The van der Waals surface area contributed by atoms with E-state index in [9.17, 15) is 5.26 Å². The van der Waals surface area contributed by atoms with Crippen LogP contribution in [0.2, 0.25) is 0 Å². The van der Waals surface area contributed by atoms with Crippen LogP contribution in [0.15, 0.2) is 12.4 Å². The number of rotatable bonds is 6. The first-order valence-corrected chi connectivity index (χ1v) is 7.22. The fourth-order valence-electron chi connectivity index (χ4n) is 2.84. The van der Waals surface area contributed by atoms with E-state index in [4.69, 9.17) is 5.26 Å². The Morgan fingerprint density at radius 2 is 2.35 bits per heavy atom. The molecule has 0 aliphatic carbocycles. The highest BCUT2D eigenvalue weighted by Gasteiger charge is 2.27. The highest BCUT2D eigenvalue weighted by molar-refractivity contribution is 5.00. The standard InChI is InChI=1S/C15H21N5/c1-13-9-18-20(10-13)12-15-5-3-7-19(15)11-14(8-17)4-2-6-16/h9-10,14-15H,2-5,7,11-12H2,1H3/t14-,15-/m1/s1. The van der Waals surface area contributed by atoms with Gasteiger partial charge >= 0.3 is 0 Å². The van der Waals surface area contributed by atoms with Gasteiger partial charge in [-0.15, -0.1) is 0 Å². The summed E-state index contributed by atoms with van der Waals surface area (Å²) in [6, 6.07) is 4.93. The van der Waals surface area contributed by atoms with E-state index in [0.29, 0.717) is 18.9 Å². The predicted octanol–water partition coefficient (Wildman–Crippen LogP) is 2.10. The summed E-state index contributed by atoms with van der Waals surface area (Å²) in [6.07, 6.45) is 7.43. The van der Waals surface area contributed by atoms with Gasteiger partial charge in [0.05, 0.1) is 30.8 Å². The Labute approximate surface area is 120 Å². The van der Waals surface area contributed by atoms with Crippen LogP contribution in [-0.2, 0) is 6.54 Å². The number of hydrogen-bond acceptors (Lipinski definition) is 4. The topological polar surface area (TPSA) is 68.6 Å². The van der Waals surface area contributed by atoms with Crippen LogP contribution in [-0.4, -0.2) is 33.8 Å². The molecule has 0 saturated carbocycles. The highest BCUT2D eigenvalue weighted by atomic mass is 15.3. The van der Waals surface area contributed by atoms with Gasteiger partial charge in [0.15, 0.2) is 0 Å². The zero-order chi connectivity index (χ0) is 14.4. The molecule has 0 aromatic carbocycles. The zero-order valence-electron chi connectivity index (χ0n) is 12.0. The summed E-state index contributed by atoms with van der Waals surface area (Å²) >= 11 is 0. The first-order valence-electron chi connectivity index (χ1n) is 7.22. The SMILES string of the molecule is Cc1cnn(C[C@H]2CCCN2C[C@@H](C#N)CCC#N)c1. The van der Waals surface area contributed by atoms with Crippen LogP contribution in [0, 0.1) is 35.5 Å². The van der Waals surface area contributed by atoms with Gasteiger partial charge in [-0.25, -0.2) is 0 Å². The lowest BCUT2D eigenvalue weighted by Gasteiger charge is -2.26. The van der Waals surface area contributed by atoms with Crippen LogP contribution in [0.4, 0.5) is 0 Å². The van der Waals surface area contributed by atoms with Crippen molar-refractivity contribution >= 4 is 0 Å². The van der Waals surface area contributed by atoms with Gasteiger partial charge in [-0.1, -0.05) is 0 Å². The normalized spacial score (nSPS) is 20.4. The van der Waals surface area contributed by atoms with Gasteiger partial charge in [0.25, 0.3) is 0 Å². The van der Waals surface area contributed by atoms with E-state index in [1.54, 1.807) is 0 Å². The average molecular weight is 271 g/mol. The number of nitrogens with zero attached hydrogens (tertiary/aromatic N) is 5. The second kappa shape index (κ2) is 7.07. The minimum atomic E-state index is -0.0328. The molecule has 1 saturated heterocycles. The molecule has 5 heteroatoms. The van der Waals surface area contributed by atoms with Gasteiger partial charge in [0, 0.05) is 25.2 Å². The fourth-order valence-corrected chi connectivity index (χ4v) is 2.84. The molecule has 1 aromatic heterocycles. The van der Waals surface area contributed by atoms with Crippen molar-refractivity contribution in [1.82, 2.24) is 14.7 Å². The Bertz CT molecular complexity index is 507. The van der Waals surface area contributed by atoms with E-state index in [1.807, 2.05) is 17.8 Å². The van der Waals surface area contributed by atoms with Gasteiger partial charge < -0.3 is 0 Å². The molecule has 1 aliphatic rings. The minimum absolute atomic E-state index is 0.0328. The third kappa shape index (κ3) is 3.82. The van der Waals surface area contributed by atoms with Crippen molar-refractivity contribution < 1.29 is 0 Å². The third-order valence-electron chi connectivity index (χ3n) is 3.90. The maximum atomic E-state index is 9.19. The molecule has 0 amide bonds. The molecular weight excluding hydrogens is 250 g/mol. The Morgan fingerprint density at radius 1 is 1.50 bits per heavy atom. The van der Waals surface area contributed by atoms with Crippen molar-refractivity contribution in [3.63, 3.8) is 0 Å². The first kappa shape index (κ1) is 14.6. The van der Waals surface area contributed by atoms with Gasteiger partial charge in [0.2, 0.25) is 0 Å². The van der Waals surface area contributed by atoms with Crippen LogP contribution in [0.5, 0.6) is 0 Å². The molecule has 0 radical (unpaired) electrons. The van der Waals surface area contributed by atoms with Gasteiger partial charge in [-0.2, -0.15) is 15.6 Å². The summed E-state index contributed by atoms with van der Waals surface area (Å²) in [6.45, 7) is 4.77. The number of hydrogen-bond donors (Lipinski definition) is 0. The largest absolute Gasteiger partial charge is 0.297 e. The van der Waals surface area contributed by atoms with Crippen molar-refractivity contribution in [3.8, 4) is 12.1 Å². The van der Waals surface area contributed by atoms with E-state index in [-0.39, 0.29) is 5.92 Å². The van der Waals surface area contributed by atoms with E-state index < -0.39 is 0 Å². The zero-order valence-corrected chi connectivity index (χ0v) is 12.0. The Morgan fingerprint density at radius 3 is 3.00 bits per heavy atom. The van der Waals surface area contributed by atoms with Crippen molar-refractivity contribution in [1.29, 1.82) is 10.5 Å². The summed E-state index contributed by atoms with van der Waals surface area (Å²) in [5.74, 6) is -0.0328. The molecule has 20 heavy (non-hydrogen) atoms. The smallest absolute Gasteiger partial charge is 0.0669 e. The van der Waals surface area contributed by atoms with E-state index in [0.717, 1.165) is 26.1 Å². The second-order valence-electron chi connectivity index (χ2n) is 5.55. The van der Waals surface area contributed by atoms with Crippen molar-refractivity contribution in [2.24, 2.45) is 5.92 Å². The third-order valence-corrected chi connectivity index (χ3v) is 3.90. The fraction of sp³-hybridized carbons (Fsp3) is 0.667. The van der Waals surface area contributed by atoms with Crippen LogP contribution < -0.4 is 0 Å². The number of likely N-dealkylation sites (tertiary alicyclic amines) is 1. The molecule has 0 unspecified atom stereocenters. The maximum Gasteiger partial charge on any atom is 0.0669 e. The monoisotopic (exact) mass is 271 g/mol. The van der Waals surface area contributed by atoms with Crippen molar-refractivity contribution in [3.05, 3.63) is 18.0 Å². The van der Waals surface area contributed by atoms with E-state index in [2.05, 4.69) is 28.3 Å². The lowest BCUT2D eigenvalue weighted by Crippen LogP contribution is -2.36. The molecule has 0 spiro atoms. The lowest BCUT2D eigenvalue weighted by molar-refractivity contribution is 0.206. The molecular formula is C15H21N5. The molecule has 5 nitrogen and oxygen atoms in total. The molecule has 1 fully saturated rings. The average Bonchev–Trinajstić information content (AvgIpc) is 3.04. The van der Waals surface area contributed by atoms with Gasteiger partial charge in [0.1, 0.15) is 0 Å². The Balaban J connectivity index is 1.90. The predicted molar refractivity (Wildman–Crippen MR) is 75.5 cm³/mol. The summed E-state index contributed by atoms with van der Waals surface area (Å²) in [5.41, 5.74) is 1.18. The highest BCUT2D eigenvalue weighted by Crippen LogP contribution is 2.21. The Kier molecular flexibility index (Phi) is 5.15. The van der Waals surface area contributed by atoms with Gasteiger partial charge in [-0.05, 0) is 38.3 Å². The second-order valence-corrected chi connectivity index (χ2v) is 5.55. The number of aromatic nitrogens is 2.